The number of hydrogen-bond donors (Lipinski definition) is 3. The van der Waals surface area contributed by atoms with Gasteiger partial charge in [-0.15, -0.1) is 0 Å². The van der Waals surface area contributed by atoms with Gasteiger partial charge in [0.15, 0.2) is 0 Å². The zero-order valence-electron chi connectivity index (χ0n) is 12.8. The number of nitrogens with one attached hydrogen (secondary N) is 1. The van der Waals surface area contributed by atoms with E-state index in [4.69, 9.17) is 5.26 Å². The molecule has 3 rings (SSSR count). The van der Waals surface area contributed by atoms with Crippen LogP contribution in [-0.2, 0) is 0 Å². The van der Waals surface area contributed by atoms with E-state index in [1.807, 2.05) is 6.07 Å². The van der Waals surface area contributed by atoms with Crippen LogP contribution in [0.3, 0.4) is 0 Å². The molecule has 124 valence electrons. The molecule has 1 amide bonds. The van der Waals surface area contributed by atoms with Gasteiger partial charge in [0.1, 0.15) is 17.3 Å². The lowest BCUT2D eigenvalue weighted by Gasteiger charge is -2.28. The van der Waals surface area contributed by atoms with E-state index in [2.05, 4.69) is 10.3 Å². The highest BCUT2D eigenvalue weighted by molar-refractivity contribution is 6.07. The molecule has 1 fully saturated rings. The maximum Gasteiger partial charge on any atom is 0.416 e. The average Bonchev–Trinajstić information content (AvgIpc) is 2.96. The van der Waals surface area contributed by atoms with E-state index in [1.54, 1.807) is 0 Å². The number of aromatic nitrogens is 2. The van der Waals surface area contributed by atoms with Gasteiger partial charge in [0.25, 0.3) is 5.91 Å². The Bertz CT molecular complexity index is 852. The smallest absolute Gasteiger partial charge is 0.416 e. The predicted molar refractivity (Wildman–Crippen MR) is 83.6 cm³/mol. The van der Waals surface area contributed by atoms with Gasteiger partial charge in [-0.3, -0.25) is 9.36 Å². The van der Waals surface area contributed by atoms with Gasteiger partial charge in [0.2, 0.25) is 0 Å². The maximum absolute atomic E-state index is 12.6. The van der Waals surface area contributed by atoms with E-state index in [9.17, 15) is 19.8 Å². The second-order valence-corrected chi connectivity index (χ2v) is 5.80. The topological polar surface area (TPSA) is 128 Å². The van der Waals surface area contributed by atoms with Gasteiger partial charge in [-0.1, -0.05) is 12.8 Å². The Morgan fingerprint density at radius 3 is 2.75 bits per heavy atom. The Hall–Kier alpha value is -2.92. The number of nitrogens with zero attached hydrogens (tertiary/aromatic N) is 3. The molecule has 3 N–H and O–H groups in total. The summed E-state index contributed by atoms with van der Waals surface area (Å²) >= 11 is 0. The van der Waals surface area contributed by atoms with E-state index < -0.39 is 18.1 Å². The predicted octanol–water partition coefficient (Wildman–Crippen LogP) is 1.47. The fourth-order valence-corrected chi connectivity index (χ4v) is 3.02. The lowest BCUT2D eigenvalue weighted by molar-refractivity contribution is 0.0718. The van der Waals surface area contributed by atoms with Crippen LogP contribution >= 0.6 is 0 Å². The van der Waals surface area contributed by atoms with Crippen molar-refractivity contribution in [2.24, 2.45) is 0 Å². The largest absolute Gasteiger partial charge is 0.464 e. The first-order chi connectivity index (χ1) is 11.5. The fourth-order valence-electron chi connectivity index (χ4n) is 3.02. The third-order valence-electron chi connectivity index (χ3n) is 4.26. The molecule has 24 heavy (non-hydrogen) atoms. The van der Waals surface area contributed by atoms with Crippen molar-refractivity contribution in [2.75, 3.05) is 0 Å². The molecule has 2 aromatic rings. The molecular weight excluding hydrogens is 312 g/mol. The summed E-state index contributed by atoms with van der Waals surface area (Å²) in [5.74, 6) is -0.506. The summed E-state index contributed by atoms with van der Waals surface area (Å²) in [7, 11) is 0. The van der Waals surface area contributed by atoms with Crippen LogP contribution in [0.15, 0.2) is 18.3 Å². The van der Waals surface area contributed by atoms with Crippen LogP contribution in [0.2, 0.25) is 0 Å². The molecule has 0 saturated heterocycles. The number of hydrogen-bond acceptors (Lipinski definition) is 5. The molecule has 2 aromatic heterocycles. The second kappa shape index (κ2) is 6.29. The fraction of sp³-hybridized carbons (Fsp3) is 0.375. The van der Waals surface area contributed by atoms with Gasteiger partial charge in [-0.05, 0) is 25.0 Å². The Labute approximate surface area is 137 Å². The summed E-state index contributed by atoms with van der Waals surface area (Å²) < 4.78 is 0.899. The quantitative estimate of drug-likeness (QED) is 0.765. The molecule has 0 unspecified atom stereocenters. The van der Waals surface area contributed by atoms with Gasteiger partial charge in [0.05, 0.1) is 23.2 Å². The molecule has 0 aromatic carbocycles. The lowest BCUT2D eigenvalue weighted by Crippen LogP contribution is -2.45. The van der Waals surface area contributed by atoms with Gasteiger partial charge in [0, 0.05) is 6.20 Å². The molecule has 0 bridgehead atoms. The van der Waals surface area contributed by atoms with Crippen molar-refractivity contribution in [3.63, 3.8) is 0 Å². The summed E-state index contributed by atoms with van der Waals surface area (Å²) in [6, 6.07) is 4.35. The standard InChI is InChI=1S/C16H16N4O4/c17-7-9-5-6-12-14(18-9)10(8-20(12)16(23)24)15(22)19-11-3-1-2-4-13(11)21/h5-6,8,11,13,21H,1-4H2,(H,19,22)(H,23,24)/t11-,13-/m0/s1. The number of carbonyl (C=O) groups excluding carboxylic acids is 1. The van der Waals surface area contributed by atoms with Crippen LogP contribution in [0.5, 0.6) is 0 Å². The number of rotatable bonds is 2. The monoisotopic (exact) mass is 328 g/mol. The Kier molecular flexibility index (Phi) is 4.18. The second-order valence-electron chi connectivity index (χ2n) is 5.80. The third-order valence-corrected chi connectivity index (χ3v) is 4.26. The number of carbonyl (C=O) groups is 2. The zero-order chi connectivity index (χ0) is 17.3. The van der Waals surface area contributed by atoms with Gasteiger partial charge >= 0.3 is 6.09 Å². The molecule has 2 heterocycles. The molecule has 8 heteroatoms. The number of fused-ring (bicyclic) bond motifs is 1. The molecule has 1 aliphatic rings. The van der Waals surface area contributed by atoms with Gasteiger partial charge < -0.3 is 15.5 Å². The summed E-state index contributed by atoms with van der Waals surface area (Å²) in [5, 5.41) is 31.0. The minimum Gasteiger partial charge on any atom is -0.464 e. The lowest BCUT2D eigenvalue weighted by atomic mass is 9.92. The van der Waals surface area contributed by atoms with Crippen LogP contribution in [-0.4, -0.2) is 43.9 Å². The van der Waals surface area contributed by atoms with Crippen LogP contribution in [0.4, 0.5) is 4.79 Å². The van der Waals surface area contributed by atoms with E-state index in [1.165, 1.54) is 18.3 Å². The summed E-state index contributed by atoms with van der Waals surface area (Å²) in [6.45, 7) is 0. The maximum atomic E-state index is 12.6. The van der Waals surface area contributed by atoms with Crippen LogP contribution in [0.1, 0.15) is 41.7 Å². The third kappa shape index (κ3) is 2.81. The first-order valence-corrected chi connectivity index (χ1v) is 7.65. The molecule has 1 saturated carbocycles. The van der Waals surface area contributed by atoms with E-state index in [0.29, 0.717) is 12.8 Å². The normalized spacial score (nSPS) is 20.5. The number of pyridine rings is 1. The number of amides is 1. The average molecular weight is 328 g/mol. The van der Waals surface area contributed by atoms with Crippen molar-refractivity contribution in [2.45, 2.75) is 37.8 Å². The Morgan fingerprint density at radius 1 is 1.33 bits per heavy atom. The van der Waals surface area contributed by atoms with E-state index >= 15 is 0 Å². The Balaban J connectivity index is 1.99. The molecule has 1 aliphatic carbocycles. The first-order valence-electron chi connectivity index (χ1n) is 7.65. The molecule has 0 spiro atoms. The van der Waals surface area contributed by atoms with Crippen LogP contribution < -0.4 is 5.32 Å². The molecule has 0 aliphatic heterocycles. The highest BCUT2D eigenvalue weighted by Crippen LogP contribution is 2.22. The Morgan fingerprint density at radius 2 is 2.08 bits per heavy atom. The SMILES string of the molecule is N#Cc1ccc2c(n1)c(C(=O)N[C@H]1CCCC[C@@H]1O)cn2C(=O)O. The summed E-state index contributed by atoms with van der Waals surface area (Å²) in [4.78, 5) is 28.0. The molecule has 0 radical (unpaired) electrons. The van der Waals surface area contributed by atoms with Crippen molar-refractivity contribution in [3.05, 3.63) is 29.6 Å². The number of nitriles is 1. The molecule has 2 atom stereocenters. The highest BCUT2D eigenvalue weighted by atomic mass is 16.4. The van der Waals surface area contributed by atoms with Crippen molar-refractivity contribution in [1.82, 2.24) is 14.9 Å². The number of aliphatic hydroxyl groups is 1. The molecular formula is C16H16N4O4. The minimum absolute atomic E-state index is 0.0715. The van der Waals surface area contributed by atoms with Crippen LogP contribution in [0, 0.1) is 11.3 Å². The van der Waals surface area contributed by atoms with Crippen molar-refractivity contribution in [1.29, 1.82) is 5.26 Å². The highest BCUT2D eigenvalue weighted by Gasteiger charge is 2.27. The minimum atomic E-state index is -1.25. The van der Waals surface area contributed by atoms with Gasteiger partial charge in [-0.2, -0.15) is 5.26 Å². The zero-order valence-corrected chi connectivity index (χ0v) is 12.8. The van der Waals surface area contributed by atoms with E-state index in [0.717, 1.165) is 17.4 Å². The number of carboxylic acid groups (broad SMARTS) is 1. The summed E-state index contributed by atoms with van der Waals surface area (Å²) in [5.41, 5.74) is 0.551. The number of aliphatic hydroxyl groups excluding tert-OH is 1. The summed E-state index contributed by atoms with van der Waals surface area (Å²) in [6.07, 6.45) is 2.45. The van der Waals surface area contributed by atoms with Crippen molar-refractivity contribution < 1.29 is 19.8 Å². The van der Waals surface area contributed by atoms with Crippen molar-refractivity contribution >= 4 is 23.0 Å². The first kappa shape index (κ1) is 16.0. The van der Waals surface area contributed by atoms with Gasteiger partial charge in [-0.25, -0.2) is 9.78 Å². The molecule has 8 nitrogen and oxygen atoms in total. The van der Waals surface area contributed by atoms with E-state index in [-0.39, 0.29) is 28.3 Å². The van der Waals surface area contributed by atoms with Crippen molar-refractivity contribution in [3.8, 4) is 6.07 Å². The van der Waals surface area contributed by atoms with Crippen LogP contribution in [0.25, 0.3) is 11.0 Å².